The summed E-state index contributed by atoms with van der Waals surface area (Å²) in [5.41, 5.74) is 3.09. The average molecular weight is 271 g/mol. The molecule has 0 radical (unpaired) electrons. The van der Waals surface area contributed by atoms with Gasteiger partial charge < -0.3 is 4.90 Å². The van der Waals surface area contributed by atoms with E-state index in [0.717, 1.165) is 16.8 Å². The molecule has 106 valence electrons. The van der Waals surface area contributed by atoms with Crippen molar-refractivity contribution in [3.05, 3.63) is 42.1 Å². The first kappa shape index (κ1) is 14.3. The van der Waals surface area contributed by atoms with Gasteiger partial charge in [-0.25, -0.2) is 0 Å². The molecule has 0 aliphatic carbocycles. The molecular formula is C16H21N3O. The Balaban J connectivity index is 2.30. The monoisotopic (exact) mass is 271 g/mol. The van der Waals surface area contributed by atoms with E-state index in [9.17, 15) is 4.79 Å². The quantitative estimate of drug-likeness (QED) is 0.857. The molecule has 1 aromatic carbocycles. The molecule has 1 amide bonds. The molecule has 0 bridgehead atoms. The zero-order valence-electron chi connectivity index (χ0n) is 12.5. The molecule has 0 aliphatic heterocycles. The molecule has 0 N–H and O–H groups in total. The van der Waals surface area contributed by atoms with Crippen LogP contribution in [0.3, 0.4) is 0 Å². The lowest BCUT2D eigenvalue weighted by Crippen LogP contribution is -2.33. The third-order valence-corrected chi connectivity index (χ3v) is 3.57. The van der Waals surface area contributed by atoms with Crippen LogP contribution < -0.4 is 0 Å². The SMILES string of the molecule is CCN(C)C(=O)C(C)n1cc(C)c(-c2ccccc2)n1. The van der Waals surface area contributed by atoms with Crippen molar-refractivity contribution < 1.29 is 4.79 Å². The predicted molar refractivity (Wildman–Crippen MR) is 80.4 cm³/mol. The number of rotatable bonds is 4. The normalized spacial score (nSPS) is 12.2. The topological polar surface area (TPSA) is 38.1 Å². The van der Waals surface area contributed by atoms with Crippen LogP contribution in [0.1, 0.15) is 25.5 Å². The zero-order chi connectivity index (χ0) is 14.7. The molecule has 4 nitrogen and oxygen atoms in total. The van der Waals surface area contributed by atoms with Gasteiger partial charge in [-0.15, -0.1) is 0 Å². The Morgan fingerprint density at radius 3 is 2.60 bits per heavy atom. The fourth-order valence-corrected chi connectivity index (χ4v) is 2.15. The van der Waals surface area contributed by atoms with Crippen LogP contribution in [0.2, 0.25) is 0 Å². The number of nitrogens with zero attached hydrogens (tertiary/aromatic N) is 3. The van der Waals surface area contributed by atoms with E-state index >= 15 is 0 Å². The van der Waals surface area contributed by atoms with E-state index < -0.39 is 0 Å². The Morgan fingerprint density at radius 1 is 1.35 bits per heavy atom. The van der Waals surface area contributed by atoms with E-state index in [0.29, 0.717) is 6.54 Å². The summed E-state index contributed by atoms with van der Waals surface area (Å²) in [5, 5.41) is 4.59. The van der Waals surface area contributed by atoms with Crippen molar-refractivity contribution in [3.63, 3.8) is 0 Å². The van der Waals surface area contributed by atoms with E-state index in [2.05, 4.69) is 5.10 Å². The summed E-state index contributed by atoms with van der Waals surface area (Å²) < 4.78 is 1.76. The lowest BCUT2D eigenvalue weighted by molar-refractivity contribution is -0.133. The summed E-state index contributed by atoms with van der Waals surface area (Å²) in [6.07, 6.45) is 1.94. The Kier molecular flexibility index (Phi) is 4.23. The second-order valence-corrected chi connectivity index (χ2v) is 5.04. The predicted octanol–water partition coefficient (Wildman–Crippen LogP) is 2.90. The minimum Gasteiger partial charge on any atom is -0.344 e. The van der Waals surface area contributed by atoms with Crippen LogP contribution in [-0.2, 0) is 4.79 Å². The summed E-state index contributed by atoms with van der Waals surface area (Å²) in [5.74, 6) is 0.0783. The number of benzene rings is 1. The fourth-order valence-electron chi connectivity index (χ4n) is 2.15. The molecule has 4 heteroatoms. The third kappa shape index (κ3) is 2.74. The van der Waals surface area contributed by atoms with Crippen LogP contribution in [-0.4, -0.2) is 34.2 Å². The van der Waals surface area contributed by atoms with Gasteiger partial charge in [0.05, 0.1) is 5.69 Å². The number of hydrogen-bond donors (Lipinski definition) is 0. The summed E-state index contributed by atoms with van der Waals surface area (Å²) in [4.78, 5) is 13.9. The average Bonchev–Trinajstić information content (AvgIpc) is 2.87. The molecular weight excluding hydrogens is 250 g/mol. The lowest BCUT2D eigenvalue weighted by atomic mass is 10.1. The van der Waals surface area contributed by atoms with Gasteiger partial charge in [-0.2, -0.15) is 5.10 Å². The van der Waals surface area contributed by atoms with Crippen molar-refractivity contribution in [1.29, 1.82) is 0 Å². The minimum absolute atomic E-state index is 0.0783. The number of carbonyl (C=O) groups excluding carboxylic acids is 1. The molecule has 1 aromatic heterocycles. The molecule has 0 spiro atoms. The van der Waals surface area contributed by atoms with Gasteiger partial charge >= 0.3 is 0 Å². The standard InChI is InChI=1S/C16H21N3O/c1-5-18(4)16(20)13(3)19-11-12(2)15(17-19)14-9-7-6-8-10-14/h6-11,13H,5H2,1-4H3. The maximum absolute atomic E-state index is 12.2. The van der Waals surface area contributed by atoms with Gasteiger partial charge in [0.15, 0.2) is 0 Å². The second kappa shape index (κ2) is 5.90. The molecule has 0 aliphatic rings. The highest BCUT2D eigenvalue weighted by atomic mass is 16.2. The summed E-state index contributed by atoms with van der Waals surface area (Å²) in [6, 6.07) is 9.75. The summed E-state index contributed by atoms with van der Waals surface area (Å²) in [6.45, 7) is 6.57. The van der Waals surface area contributed by atoms with Gasteiger partial charge in [-0.3, -0.25) is 9.48 Å². The van der Waals surface area contributed by atoms with Crippen LogP contribution in [0, 0.1) is 6.92 Å². The molecule has 1 atom stereocenters. The van der Waals surface area contributed by atoms with Crippen molar-refractivity contribution >= 4 is 5.91 Å². The number of likely N-dealkylation sites (N-methyl/N-ethyl adjacent to an activating group) is 1. The van der Waals surface area contributed by atoms with E-state index in [-0.39, 0.29) is 11.9 Å². The van der Waals surface area contributed by atoms with Crippen LogP contribution in [0.15, 0.2) is 36.5 Å². The maximum atomic E-state index is 12.2. The highest BCUT2D eigenvalue weighted by Gasteiger charge is 2.20. The van der Waals surface area contributed by atoms with E-state index in [1.807, 2.05) is 64.3 Å². The first-order valence-electron chi connectivity index (χ1n) is 6.90. The molecule has 1 heterocycles. The van der Waals surface area contributed by atoms with E-state index in [1.54, 1.807) is 9.58 Å². The van der Waals surface area contributed by atoms with Crippen molar-refractivity contribution in [2.45, 2.75) is 26.8 Å². The van der Waals surface area contributed by atoms with Gasteiger partial charge in [0.25, 0.3) is 0 Å². The molecule has 20 heavy (non-hydrogen) atoms. The summed E-state index contributed by atoms with van der Waals surface area (Å²) in [7, 11) is 1.81. The number of hydrogen-bond acceptors (Lipinski definition) is 2. The largest absolute Gasteiger partial charge is 0.344 e. The number of amides is 1. The van der Waals surface area contributed by atoms with Crippen molar-refractivity contribution in [1.82, 2.24) is 14.7 Å². The number of aryl methyl sites for hydroxylation is 1. The molecule has 2 rings (SSSR count). The number of aromatic nitrogens is 2. The second-order valence-electron chi connectivity index (χ2n) is 5.04. The van der Waals surface area contributed by atoms with Gasteiger partial charge in [0, 0.05) is 25.4 Å². The Bertz CT molecular complexity index is 589. The summed E-state index contributed by atoms with van der Waals surface area (Å²) >= 11 is 0. The zero-order valence-corrected chi connectivity index (χ0v) is 12.5. The first-order chi connectivity index (χ1) is 9.54. The van der Waals surface area contributed by atoms with Crippen LogP contribution in [0.25, 0.3) is 11.3 Å². The highest BCUT2D eigenvalue weighted by Crippen LogP contribution is 2.22. The smallest absolute Gasteiger partial charge is 0.246 e. The Hall–Kier alpha value is -2.10. The first-order valence-corrected chi connectivity index (χ1v) is 6.90. The van der Waals surface area contributed by atoms with E-state index in [4.69, 9.17) is 0 Å². The van der Waals surface area contributed by atoms with Gasteiger partial charge in [0.1, 0.15) is 6.04 Å². The van der Waals surface area contributed by atoms with Crippen LogP contribution >= 0.6 is 0 Å². The Morgan fingerprint density at radius 2 is 2.00 bits per heavy atom. The molecule has 0 saturated carbocycles. The van der Waals surface area contributed by atoms with E-state index in [1.165, 1.54) is 0 Å². The van der Waals surface area contributed by atoms with Gasteiger partial charge in [-0.1, -0.05) is 30.3 Å². The third-order valence-electron chi connectivity index (χ3n) is 3.57. The lowest BCUT2D eigenvalue weighted by Gasteiger charge is -2.19. The van der Waals surface area contributed by atoms with Crippen LogP contribution in [0.5, 0.6) is 0 Å². The fraction of sp³-hybridized carbons (Fsp3) is 0.375. The molecule has 0 fully saturated rings. The minimum atomic E-state index is -0.281. The van der Waals surface area contributed by atoms with Crippen molar-refractivity contribution in [2.24, 2.45) is 0 Å². The maximum Gasteiger partial charge on any atom is 0.246 e. The van der Waals surface area contributed by atoms with Gasteiger partial charge in [0.2, 0.25) is 5.91 Å². The molecule has 2 aromatic rings. The molecule has 0 saturated heterocycles. The molecule has 1 unspecified atom stereocenters. The van der Waals surface area contributed by atoms with Gasteiger partial charge in [-0.05, 0) is 26.3 Å². The Labute approximate surface area is 120 Å². The highest BCUT2D eigenvalue weighted by molar-refractivity contribution is 5.79. The van der Waals surface area contributed by atoms with Crippen molar-refractivity contribution in [3.8, 4) is 11.3 Å². The van der Waals surface area contributed by atoms with Crippen molar-refractivity contribution in [2.75, 3.05) is 13.6 Å². The van der Waals surface area contributed by atoms with Crippen LogP contribution in [0.4, 0.5) is 0 Å². The number of carbonyl (C=O) groups is 1.